The lowest BCUT2D eigenvalue weighted by molar-refractivity contribution is 0.867. The SMILES string of the molecule is CNc1ncc(Cl)c(Nc2cccc(C(C)C)c2)n1. The van der Waals surface area contributed by atoms with Crippen LogP contribution in [0.15, 0.2) is 30.5 Å². The monoisotopic (exact) mass is 276 g/mol. The standard InChI is InChI=1S/C14H17ClN4/c1-9(2)10-5-4-6-11(7-10)18-13-12(15)8-17-14(16-3)19-13/h4-9H,1-3H3,(H2,16,17,18,19). The molecule has 2 rings (SSSR count). The Bertz CT molecular complexity index is 569. The van der Waals surface area contributed by atoms with E-state index in [1.165, 1.54) is 5.56 Å². The summed E-state index contributed by atoms with van der Waals surface area (Å²) in [5.41, 5.74) is 2.23. The molecular formula is C14H17ClN4. The van der Waals surface area contributed by atoms with Gasteiger partial charge in [-0.15, -0.1) is 0 Å². The molecule has 100 valence electrons. The van der Waals surface area contributed by atoms with E-state index in [4.69, 9.17) is 11.6 Å². The minimum atomic E-state index is 0.482. The van der Waals surface area contributed by atoms with Gasteiger partial charge < -0.3 is 10.6 Å². The van der Waals surface area contributed by atoms with Gasteiger partial charge in [0.05, 0.1) is 6.20 Å². The zero-order chi connectivity index (χ0) is 13.8. The van der Waals surface area contributed by atoms with Crippen LogP contribution in [0.1, 0.15) is 25.3 Å². The fourth-order valence-electron chi connectivity index (χ4n) is 1.69. The molecule has 0 fully saturated rings. The summed E-state index contributed by atoms with van der Waals surface area (Å²) in [5, 5.41) is 6.60. The lowest BCUT2D eigenvalue weighted by Crippen LogP contribution is -2.01. The fraction of sp³-hybridized carbons (Fsp3) is 0.286. The van der Waals surface area contributed by atoms with Crippen LogP contribution in [0.3, 0.4) is 0 Å². The number of halogens is 1. The van der Waals surface area contributed by atoms with Gasteiger partial charge in [0.25, 0.3) is 0 Å². The topological polar surface area (TPSA) is 49.8 Å². The molecule has 0 saturated heterocycles. The normalized spacial score (nSPS) is 10.6. The molecule has 1 aromatic carbocycles. The van der Waals surface area contributed by atoms with Crippen LogP contribution in [0.25, 0.3) is 0 Å². The summed E-state index contributed by atoms with van der Waals surface area (Å²) in [6.45, 7) is 4.33. The highest BCUT2D eigenvalue weighted by Crippen LogP contribution is 2.25. The van der Waals surface area contributed by atoms with Crippen LogP contribution < -0.4 is 10.6 Å². The Kier molecular flexibility index (Phi) is 4.22. The van der Waals surface area contributed by atoms with Gasteiger partial charge in [0, 0.05) is 12.7 Å². The highest BCUT2D eigenvalue weighted by atomic mass is 35.5. The van der Waals surface area contributed by atoms with E-state index in [9.17, 15) is 0 Å². The third-order valence-electron chi connectivity index (χ3n) is 2.78. The molecule has 1 aromatic heterocycles. The van der Waals surface area contributed by atoms with Crippen LogP contribution in [0.5, 0.6) is 0 Å². The molecule has 1 heterocycles. The first kappa shape index (κ1) is 13.6. The Hall–Kier alpha value is -1.81. The van der Waals surface area contributed by atoms with E-state index in [1.807, 2.05) is 12.1 Å². The number of nitrogens with zero attached hydrogens (tertiary/aromatic N) is 2. The second kappa shape index (κ2) is 5.89. The number of hydrogen-bond donors (Lipinski definition) is 2. The van der Waals surface area contributed by atoms with Gasteiger partial charge in [-0.2, -0.15) is 4.98 Å². The van der Waals surface area contributed by atoms with Crippen molar-refractivity contribution < 1.29 is 0 Å². The van der Waals surface area contributed by atoms with Crippen molar-refractivity contribution in [3.05, 3.63) is 41.0 Å². The number of rotatable bonds is 4. The maximum absolute atomic E-state index is 6.09. The predicted octanol–water partition coefficient (Wildman–Crippen LogP) is 4.04. The first-order valence-electron chi connectivity index (χ1n) is 6.17. The van der Waals surface area contributed by atoms with E-state index < -0.39 is 0 Å². The van der Waals surface area contributed by atoms with Crippen LogP contribution in [0.4, 0.5) is 17.5 Å². The minimum absolute atomic E-state index is 0.482. The second-order valence-corrected chi connectivity index (χ2v) is 4.95. The lowest BCUT2D eigenvalue weighted by Gasteiger charge is -2.11. The average Bonchev–Trinajstić information content (AvgIpc) is 2.41. The molecule has 0 spiro atoms. The molecule has 0 amide bonds. The molecule has 0 radical (unpaired) electrons. The lowest BCUT2D eigenvalue weighted by atomic mass is 10.0. The van der Waals surface area contributed by atoms with Gasteiger partial charge in [-0.05, 0) is 23.6 Å². The molecule has 2 N–H and O–H groups in total. The molecule has 2 aromatic rings. The zero-order valence-corrected chi connectivity index (χ0v) is 12.0. The van der Waals surface area contributed by atoms with Crippen molar-refractivity contribution in [1.82, 2.24) is 9.97 Å². The molecule has 5 heteroatoms. The Morgan fingerprint density at radius 3 is 2.74 bits per heavy atom. The molecule has 0 unspecified atom stereocenters. The van der Waals surface area contributed by atoms with E-state index >= 15 is 0 Å². The van der Waals surface area contributed by atoms with E-state index in [1.54, 1.807) is 13.2 Å². The van der Waals surface area contributed by atoms with Crippen molar-refractivity contribution in [2.45, 2.75) is 19.8 Å². The summed E-state index contributed by atoms with van der Waals surface area (Å²) < 4.78 is 0. The first-order chi connectivity index (χ1) is 9.10. The number of benzene rings is 1. The molecule has 19 heavy (non-hydrogen) atoms. The van der Waals surface area contributed by atoms with Gasteiger partial charge in [0.15, 0.2) is 5.82 Å². The summed E-state index contributed by atoms with van der Waals surface area (Å²) in [5.74, 6) is 1.62. The third-order valence-corrected chi connectivity index (χ3v) is 3.06. The van der Waals surface area contributed by atoms with Gasteiger partial charge in [-0.25, -0.2) is 4.98 Å². The van der Waals surface area contributed by atoms with Gasteiger partial charge in [-0.1, -0.05) is 37.6 Å². The van der Waals surface area contributed by atoms with Crippen molar-refractivity contribution >= 4 is 29.1 Å². The van der Waals surface area contributed by atoms with Crippen molar-refractivity contribution in [2.75, 3.05) is 17.7 Å². The van der Waals surface area contributed by atoms with Crippen LogP contribution in [-0.4, -0.2) is 17.0 Å². The molecule has 0 saturated carbocycles. The number of hydrogen-bond acceptors (Lipinski definition) is 4. The first-order valence-corrected chi connectivity index (χ1v) is 6.55. The summed E-state index contributed by atoms with van der Waals surface area (Å²) in [4.78, 5) is 8.35. The smallest absolute Gasteiger partial charge is 0.224 e. The van der Waals surface area contributed by atoms with Crippen LogP contribution >= 0.6 is 11.6 Å². The van der Waals surface area contributed by atoms with Crippen molar-refractivity contribution in [1.29, 1.82) is 0 Å². The van der Waals surface area contributed by atoms with E-state index in [0.29, 0.717) is 22.7 Å². The van der Waals surface area contributed by atoms with Gasteiger partial charge in [0.2, 0.25) is 5.95 Å². The molecule has 0 aliphatic heterocycles. The Morgan fingerprint density at radius 1 is 1.26 bits per heavy atom. The number of aromatic nitrogens is 2. The Labute approximate surface area is 118 Å². The average molecular weight is 277 g/mol. The highest BCUT2D eigenvalue weighted by molar-refractivity contribution is 6.32. The maximum Gasteiger partial charge on any atom is 0.224 e. The largest absolute Gasteiger partial charge is 0.357 e. The quantitative estimate of drug-likeness (QED) is 0.885. The van der Waals surface area contributed by atoms with Gasteiger partial charge in [-0.3, -0.25) is 0 Å². The van der Waals surface area contributed by atoms with Crippen molar-refractivity contribution in [3.8, 4) is 0 Å². The van der Waals surface area contributed by atoms with Crippen LogP contribution in [0, 0.1) is 0 Å². The Balaban J connectivity index is 2.28. The van der Waals surface area contributed by atoms with E-state index in [-0.39, 0.29) is 0 Å². The molecule has 0 bridgehead atoms. The van der Waals surface area contributed by atoms with E-state index in [0.717, 1.165) is 5.69 Å². The van der Waals surface area contributed by atoms with Crippen LogP contribution in [-0.2, 0) is 0 Å². The molecule has 0 aliphatic carbocycles. The van der Waals surface area contributed by atoms with Crippen molar-refractivity contribution in [2.24, 2.45) is 0 Å². The molecule has 0 aliphatic rings. The predicted molar refractivity (Wildman–Crippen MR) is 80.4 cm³/mol. The van der Waals surface area contributed by atoms with Gasteiger partial charge in [0.1, 0.15) is 5.02 Å². The summed E-state index contributed by atoms with van der Waals surface area (Å²) in [6, 6.07) is 8.22. The summed E-state index contributed by atoms with van der Waals surface area (Å²) in [7, 11) is 1.77. The number of nitrogens with one attached hydrogen (secondary N) is 2. The van der Waals surface area contributed by atoms with Gasteiger partial charge >= 0.3 is 0 Å². The fourth-order valence-corrected chi connectivity index (χ4v) is 1.83. The molecular weight excluding hydrogens is 260 g/mol. The zero-order valence-electron chi connectivity index (χ0n) is 11.2. The highest BCUT2D eigenvalue weighted by Gasteiger charge is 2.06. The summed E-state index contributed by atoms with van der Waals surface area (Å²) >= 11 is 6.09. The minimum Gasteiger partial charge on any atom is -0.357 e. The van der Waals surface area contributed by atoms with Crippen molar-refractivity contribution in [3.63, 3.8) is 0 Å². The van der Waals surface area contributed by atoms with E-state index in [2.05, 4.69) is 46.6 Å². The van der Waals surface area contributed by atoms with Crippen LogP contribution in [0.2, 0.25) is 5.02 Å². The Morgan fingerprint density at radius 2 is 2.05 bits per heavy atom. The summed E-state index contributed by atoms with van der Waals surface area (Å²) in [6.07, 6.45) is 1.58. The maximum atomic E-state index is 6.09. The second-order valence-electron chi connectivity index (χ2n) is 4.55. The molecule has 4 nitrogen and oxygen atoms in total. The number of anilines is 3. The molecule has 0 atom stereocenters. The third kappa shape index (κ3) is 3.35.